The van der Waals surface area contributed by atoms with Crippen LogP contribution in [0.15, 0.2) is 0 Å². The van der Waals surface area contributed by atoms with Crippen LogP contribution in [-0.2, 0) is 4.74 Å². The molecule has 0 aromatic carbocycles. The molecule has 3 rings (SSSR count). The molecule has 1 aliphatic carbocycles. The molecule has 2 aliphatic heterocycles. The molecule has 0 aromatic rings. The van der Waals surface area contributed by atoms with Crippen LogP contribution in [0.25, 0.3) is 0 Å². The van der Waals surface area contributed by atoms with Crippen LogP contribution < -0.4 is 5.32 Å². The molecule has 2 saturated heterocycles. The van der Waals surface area contributed by atoms with Crippen LogP contribution in [-0.4, -0.2) is 49.3 Å². The van der Waals surface area contributed by atoms with Crippen molar-refractivity contribution in [3.8, 4) is 0 Å². The van der Waals surface area contributed by atoms with Crippen LogP contribution in [0, 0.1) is 0 Å². The summed E-state index contributed by atoms with van der Waals surface area (Å²) in [5, 5.41) is 3.45. The van der Waals surface area contributed by atoms with E-state index in [4.69, 9.17) is 4.74 Å². The van der Waals surface area contributed by atoms with Crippen molar-refractivity contribution in [2.24, 2.45) is 0 Å². The molecule has 0 unspecified atom stereocenters. The molecule has 15 heavy (non-hydrogen) atoms. The summed E-state index contributed by atoms with van der Waals surface area (Å²) >= 11 is 0. The molecule has 0 amide bonds. The fraction of sp³-hybridized carbons (Fsp3) is 1.00. The van der Waals surface area contributed by atoms with E-state index in [2.05, 4.69) is 10.2 Å². The molecule has 0 aromatic heterocycles. The highest BCUT2D eigenvalue weighted by atomic mass is 35.5. The first-order chi connectivity index (χ1) is 6.95. The third-order valence-corrected chi connectivity index (χ3v) is 4.03. The van der Waals surface area contributed by atoms with Gasteiger partial charge in [0.1, 0.15) is 0 Å². The molecule has 1 N–H and O–H groups in total. The van der Waals surface area contributed by atoms with Crippen molar-refractivity contribution in [3.63, 3.8) is 0 Å². The molecule has 3 nitrogen and oxygen atoms in total. The van der Waals surface area contributed by atoms with Gasteiger partial charge in [-0.1, -0.05) is 12.8 Å². The number of nitrogens with zero attached hydrogens (tertiary/aromatic N) is 1. The van der Waals surface area contributed by atoms with E-state index in [1.165, 1.54) is 25.7 Å². The van der Waals surface area contributed by atoms with Crippen molar-refractivity contribution in [1.82, 2.24) is 10.2 Å². The number of ether oxygens (including phenoxy) is 1. The zero-order valence-corrected chi connectivity index (χ0v) is 9.97. The smallest absolute Gasteiger partial charge is 0.0867 e. The zero-order chi connectivity index (χ0) is 9.38. The highest BCUT2D eigenvalue weighted by molar-refractivity contribution is 5.85. The minimum Gasteiger partial charge on any atom is -0.374 e. The van der Waals surface area contributed by atoms with Crippen LogP contribution in [0.1, 0.15) is 25.7 Å². The van der Waals surface area contributed by atoms with Crippen LogP contribution in [0.2, 0.25) is 0 Å². The third kappa shape index (κ3) is 2.16. The molecule has 1 saturated carbocycles. The normalized spacial score (nSPS) is 37.6. The van der Waals surface area contributed by atoms with Crippen LogP contribution in [0.5, 0.6) is 0 Å². The van der Waals surface area contributed by atoms with Gasteiger partial charge in [-0.25, -0.2) is 0 Å². The molecule has 88 valence electrons. The van der Waals surface area contributed by atoms with E-state index in [1.807, 2.05) is 0 Å². The van der Waals surface area contributed by atoms with E-state index in [1.54, 1.807) is 0 Å². The second-order valence-electron chi connectivity index (χ2n) is 4.81. The van der Waals surface area contributed by atoms with Gasteiger partial charge in [0, 0.05) is 31.7 Å². The molecule has 3 aliphatic rings. The predicted octanol–water partition coefficient (Wildman–Crippen LogP) is 1.02. The van der Waals surface area contributed by atoms with Gasteiger partial charge in [-0.3, -0.25) is 4.90 Å². The quantitative estimate of drug-likeness (QED) is 0.731. The maximum Gasteiger partial charge on any atom is 0.0867 e. The number of rotatable bonds is 1. The lowest BCUT2D eigenvalue weighted by Gasteiger charge is -2.40. The van der Waals surface area contributed by atoms with E-state index < -0.39 is 0 Å². The Hall–Kier alpha value is 0.170. The van der Waals surface area contributed by atoms with Crippen LogP contribution >= 0.6 is 12.4 Å². The van der Waals surface area contributed by atoms with Crippen molar-refractivity contribution in [1.29, 1.82) is 0 Å². The molecule has 2 heterocycles. The highest BCUT2D eigenvalue weighted by Crippen LogP contribution is 2.29. The first-order valence-electron chi connectivity index (χ1n) is 6.03. The Labute approximate surface area is 97.9 Å². The van der Waals surface area contributed by atoms with Crippen molar-refractivity contribution >= 4 is 12.4 Å². The maximum atomic E-state index is 5.79. The largest absolute Gasteiger partial charge is 0.374 e. The predicted molar refractivity (Wildman–Crippen MR) is 62.6 cm³/mol. The maximum absolute atomic E-state index is 5.79. The van der Waals surface area contributed by atoms with Gasteiger partial charge >= 0.3 is 0 Å². The van der Waals surface area contributed by atoms with Gasteiger partial charge in [0.2, 0.25) is 0 Å². The second-order valence-corrected chi connectivity index (χ2v) is 4.81. The molecule has 0 spiro atoms. The van der Waals surface area contributed by atoms with Crippen LogP contribution in [0.3, 0.4) is 0 Å². The van der Waals surface area contributed by atoms with E-state index in [-0.39, 0.29) is 12.4 Å². The molecule has 3 fully saturated rings. The summed E-state index contributed by atoms with van der Waals surface area (Å²) in [7, 11) is 0. The minimum absolute atomic E-state index is 0. The SMILES string of the molecule is C1CCC(N2CCO[C@H]3CNC[C@H]32)C1.Cl. The van der Waals surface area contributed by atoms with Crippen LogP contribution in [0.4, 0.5) is 0 Å². The lowest BCUT2D eigenvalue weighted by molar-refractivity contribution is -0.0622. The summed E-state index contributed by atoms with van der Waals surface area (Å²) in [6, 6.07) is 1.54. The Morgan fingerprint density at radius 2 is 1.93 bits per heavy atom. The molecule has 0 radical (unpaired) electrons. The Bertz CT molecular complexity index is 209. The van der Waals surface area contributed by atoms with Crippen molar-refractivity contribution in [2.75, 3.05) is 26.2 Å². The summed E-state index contributed by atoms with van der Waals surface area (Å²) in [4.78, 5) is 2.72. The lowest BCUT2D eigenvalue weighted by Crippen LogP contribution is -2.54. The summed E-state index contributed by atoms with van der Waals surface area (Å²) in [5.41, 5.74) is 0. The topological polar surface area (TPSA) is 24.5 Å². The number of hydrogen-bond donors (Lipinski definition) is 1. The van der Waals surface area contributed by atoms with E-state index in [9.17, 15) is 0 Å². The van der Waals surface area contributed by atoms with E-state index >= 15 is 0 Å². The molecule has 2 atom stereocenters. The fourth-order valence-electron chi connectivity index (χ4n) is 3.31. The second kappa shape index (κ2) is 5.00. The lowest BCUT2D eigenvalue weighted by atomic mass is 10.1. The van der Waals surface area contributed by atoms with Gasteiger partial charge in [-0.05, 0) is 12.8 Å². The number of fused-ring (bicyclic) bond motifs is 1. The highest BCUT2D eigenvalue weighted by Gasteiger charge is 2.39. The first kappa shape index (κ1) is 11.6. The Kier molecular flexibility index (Phi) is 3.88. The van der Waals surface area contributed by atoms with Crippen molar-refractivity contribution < 1.29 is 4.74 Å². The van der Waals surface area contributed by atoms with E-state index in [0.717, 1.165) is 32.3 Å². The Morgan fingerprint density at radius 3 is 2.73 bits per heavy atom. The Morgan fingerprint density at radius 1 is 1.13 bits per heavy atom. The fourth-order valence-corrected chi connectivity index (χ4v) is 3.31. The number of morpholine rings is 1. The number of hydrogen-bond acceptors (Lipinski definition) is 3. The van der Waals surface area contributed by atoms with Gasteiger partial charge < -0.3 is 10.1 Å². The van der Waals surface area contributed by atoms with Gasteiger partial charge in [0.15, 0.2) is 0 Å². The molecule has 4 heteroatoms. The number of halogens is 1. The van der Waals surface area contributed by atoms with Crippen molar-refractivity contribution in [2.45, 2.75) is 43.9 Å². The standard InChI is InChI=1S/C11H20N2O.ClH/c1-2-4-9(3-1)13-5-6-14-11-8-12-7-10(11)13;/h9-12H,1-8H2;1H/t10-,11+;/m1./s1. The van der Waals surface area contributed by atoms with Crippen molar-refractivity contribution in [3.05, 3.63) is 0 Å². The zero-order valence-electron chi connectivity index (χ0n) is 9.15. The first-order valence-corrected chi connectivity index (χ1v) is 6.03. The summed E-state index contributed by atoms with van der Waals surface area (Å²) in [5.74, 6) is 0. The van der Waals surface area contributed by atoms with Gasteiger partial charge in [-0.15, -0.1) is 12.4 Å². The third-order valence-electron chi connectivity index (χ3n) is 4.03. The summed E-state index contributed by atoms with van der Waals surface area (Å²) < 4.78 is 5.79. The molecular weight excluding hydrogens is 212 g/mol. The van der Waals surface area contributed by atoms with E-state index in [0.29, 0.717) is 12.1 Å². The average Bonchev–Trinajstić information content (AvgIpc) is 2.88. The Balaban J connectivity index is 0.000000853. The van der Waals surface area contributed by atoms with Gasteiger partial charge in [0.05, 0.1) is 12.7 Å². The minimum atomic E-state index is 0. The summed E-state index contributed by atoms with van der Waals surface area (Å²) in [6.45, 7) is 4.31. The average molecular weight is 233 g/mol. The summed E-state index contributed by atoms with van der Waals surface area (Å²) in [6.07, 6.45) is 6.19. The number of nitrogens with one attached hydrogen (secondary N) is 1. The monoisotopic (exact) mass is 232 g/mol. The van der Waals surface area contributed by atoms with Gasteiger partial charge in [0.25, 0.3) is 0 Å². The molecular formula is C11H21ClN2O. The molecule has 0 bridgehead atoms. The van der Waals surface area contributed by atoms with Gasteiger partial charge in [-0.2, -0.15) is 0 Å².